The summed E-state index contributed by atoms with van der Waals surface area (Å²) in [5, 5.41) is 3.64. The summed E-state index contributed by atoms with van der Waals surface area (Å²) in [6, 6.07) is 19.0. The number of para-hydroxylation sites is 3. The third-order valence-electron chi connectivity index (χ3n) is 3.58. The molecule has 2 heteroatoms. The van der Waals surface area contributed by atoms with Gasteiger partial charge in [-0.3, -0.25) is 0 Å². The van der Waals surface area contributed by atoms with Crippen LogP contribution in [0, 0.1) is 0 Å². The van der Waals surface area contributed by atoms with Gasteiger partial charge in [0.15, 0.2) is 0 Å². The number of anilines is 3. The van der Waals surface area contributed by atoms with Crippen LogP contribution < -0.4 is 10.2 Å². The fourth-order valence-corrected chi connectivity index (χ4v) is 3.00. The van der Waals surface area contributed by atoms with E-state index in [2.05, 4.69) is 91.7 Å². The molecule has 1 unspecified atom stereocenters. The summed E-state index contributed by atoms with van der Waals surface area (Å²) in [5.74, 6) is 0. The zero-order valence-corrected chi connectivity index (χ0v) is 12.2. The van der Waals surface area contributed by atoms with Crippen molar-refractivity contribution in [2.24, 2.45) is 0 Å². The van der Waals surface area contributed by atoms with Crippen LogP contribution in [0.3, 0.4) is 0 Å². The van der Waals surface area contributed by atoms with E-state index >= 15 is 0 Å². The number of hydrogen-bond acceptors (Lipinski definition) is 2. The smallest absolute Gasteiger partial charge is 0.132 e. The van der Waals surface area contributed by atoms with E-state index < -0.39 is 0 Å². The molecular formula is C18H20N2. The number of rotatable bonds is 2. The van der Waals surface area contributed by atoms with Crippen molar-refractivity contribution in [3.63, 3.8) is 0 Å². The Morgan fingerprint density at radius 1 is 1.00 bits per heavy atom. The molecule has 0 aliphatic carbocycles. The molecule has 0 saturated carbocycles. The molecule has 0 radical (unpaired) electrons. The van der Waals surface area contributed by atoms with Crippen molar-refractivity contribution >= 4 is 17.1 Å². The summed E-state index contributed by atoms with van der Waals surface area (Å²) in [5.41, 5.74) is 4.66. The van der Waals surface area contributed by atoms with Crippen LogP contribution in [0.1, 0.15) is 20.8 Å². The summed E-state index contributed by atoms with van der Waals surface area (Å²) >= 11 is 0. The topological polar surface area (TPSA) is 15.3 Å². The minimum Gasteiger partial charge on any atom is -0.358 e. The lowest BCUT2D eigenvalue weighted by molar-refractivity contribution is 0.668. The van der Waals surface area contributed by atoms with Gasteiger partial charge in [-0.25, -0.2) is 0 Å². The van der Waals surface area contributed by atoms with Crippen LogP contribution in [0.4, 0.5) is 17.1 Å². The maximum atomic E-state index is 3.64. The fourth-order valence-electron chi connectivity index (χ4n) is 3.00. The van der Waals surface area contributed by atoms with Crippen molar-refractivity contribution in [1.29, 1.82) is 0 Å². The molecule has 1 atom stereocenters. The summed E-state index contributed by atoms with van der Waals surface area (Å²) in [4.78, 5) is 2.36. The standard InChI is InChI=1S/C18H20N2/c1-14(2)13-18(3)19-16-11-7-8-12-17(16)20(18)15-9-5-4-6-10-15/h4-13,19H,1-3H3. The van der Waals surface area contributed by atoms with Gasteiger partial charge in [-0.05, 0) is 51.1 Å². The van der Waals surface area contributed by atoms with Gasteiger partial charge >= 0.3 is 0 Å². The van der Waals surface area contributed by atoms with E-state index in [0.29, 0.717) is 0 Å². The number of hydrogen-bond donors (Lipinski definition) is 1. The lowest BCUT2D eigenvalue weighted by atomic mass is 10.1. The van der Waals surface area contributed by atoms with Crippen molar-refractivity contribution < 1.29 is 0 Å². The van der Waals surface area contributed by atoms with Crippen LogP contribution in [0.25, 0.3) is 0 Å². The Balaban J connectivity index is 2.17. The first-order chi connectivity index (χ1) is 9.60. The van der Waals surface area contributed by atoms with E-state index in [1.54, 1.807) is 0 Å². The highest BCUT2D eigenvalue weighted by molar-refractivity contribution is 5.85. The second kappa shape index (κ2) is 4.71. The largest absolute Gasteiger partial charge is 0.358 e. The molecule has 0 bridgehead atoms. The van der Waals surface area contributed by atoms with E-state index in [1.165, 1.54) is 22.6 Å². The van der Waals surface area contributed by atoms with Crippen molar-refractivity contribution in [3.8, 4) is 0 Å². The third kappa shape index (κ3) is 2.07. The lowest BCUT2D eigenvalue weighted by Crippen LogP contribution is -2.43. The van der Waals surface area contributed by atoms with Crippen LogP contribution in [0.2, 0.25) is 0 Å². The minimum absolute atomic E-state index is 0.232. The molecule has 1 aliphatic heterocycles. The maximum Gasteiger partial charge on any atom is 0.132 e. The summed E-state index contributed by atoms with van der Waals surface area (Å²) < 4.78 is 0. The monoisotopic (exact) mass is 264 g/mol. The molecular weight excluding hydrogens is 244 g/mol. The van der Waals surface area contributed by atoms with E-state index in [4.69, 9.17) is 0 Å². The molecule has 0 spiro atoms. The number of allylic oxidation sites excluding steroid dienone is 1. The zero-order chi connectivity index (χ0) is 14.2. The van der Waals surface area contributed by atoms with Gasteiger partial charge in [-0.2, -0.15) is 0 Å². The van der Waals surface area contributed by atoms with Crippen LogP contribution in [0.15, 0.2) is 66.2 Å². The second-order valence-electron chi connectivity index (χ2n) is 5.68. The third-order valence-corrected chi connectivity index (χ3v) is 3.58. The summed E-state index contributed by atoms with van der Waals surface area (Å²) in [6.07, 6.45) is 2.28. The molecule has 0 saturated heterocycles. The highest BCUT2D eigenvalue weighted by atomic mass is 15.4. The maximum absolute atomic E-state index is 3.64. The molecule has 0 fully saturated rings. The average molecular weight is 264 g/mol. The average Bonchev–Trinajstić information content (AvgIpc) is 2.70. The molecule has 1 aliphatic rings. The first-order valence-electron chi connectivity index (χ1n) is 6.99. The molecule has 3 rings (SSSR count). The Bertz CT molecular complexity index is 641. The lowest BCUT2D eigenvalue weighted by Gasteiger charge is -2.35. The van der Waals surface area contributed by atoms with E-state index in [0.717, 1.165) is 0 Å². The predicted octanol–water partition coefficient (Wildman–Crippen LogP) is 4.93. The first-order valence-corrected chi connectivity index (χ1v) is 6.99. The molecule has 0 aromatic heterocycles. The number of nitrogens with one attached hydrogen (secondary N) is 1. The van der Waals surface area contributed by atoms with Gasteiger partial charge in [-0.15, -0.1) is 0 Å². The zero-order valence-electron chi connectivity index (χ0n) is 12.2. The molecule has 1 heterocycles. The van der Waals surface area contributed by atoms with Gasteiger partial charge in [0.1, 0.15) is 5.66 Å². The fraction of sp³-hybridized carbons (Fsp3) is 0.222. The van der Waals surface area contributed by atoms with Gasteiger partial charge in [0.2, 0.25) is 0 Å². The molecule has 102 valence electrons. The van der Waals surface area contributed by atoms with Crippen LogP contribution in [0.5, 0.6) is 0 Å². The predicted molar refractivity (Wildman–Crippen MR) is 86.5 cm³/mol. The second-order valence-corrected chi connectivity index (χ2v) is 5.68. The van der Waals surface area contributed by atoms with Gasteiger partial charge in [0.25, 0.3) is 0 Å². The Morgan fingerprint density at radius 2 is 1.65 bits per heavy atom. The van der Waals surface area contributed by atoms with Gasteiger partial charge in [0, 0.05) is 5.69 Å². The van der Waals surface area contributed by atoms with Gasteiger partial charge in [-0.1, -0.05) is 35.9 Å². The Kier molecular flexibility index (Phi) is 3.01. The van der Waals surface area contributed by atoms with Crippen molar-refractivity contribution in [2.45, 2.75) is 26.4 Å². The first kappa shape index (κ1) is 12.8. The van der Waals surface area contributed by atoms with Gasteiger partial charge < -0.3 is 10.2 Å². The Hall–Kier alpha value is -2.22. The highest BCUT2D eigenvalue weighted by Crippen LogP contribution is 2.45. The molecule has 0 amide bonds. The molecule has 2 nitrogen and oxygen atoms in total. The van der Waals surface area contributed by atoms with Crippen LogP contribution >= 0.6 is 0 Å². The molecule has 2 aromatic rings. The SMILES string of the molecule is CC(C)=CC1(C)Nc2ccccc2N1c1ccccc1. The quantitative estimate of drug-likeness (QED) is 0.773. The molecule has 2 aromatic carbocycles. The molecule has 1 N–H and O–H groups in total. The molecule has 20 heavy (non-hydrogen) atoms. The van der Waals surface area contributed by atoms with E-state index in [1.807, 2.05) is 0 Å². The summed E-state index contributed by atoms with van der Waals surface area (Å²) in [6.45, 7) is 6.49. The normalized spacial score (nSPS) is 20.2. The van der Waals surface area contributed by atoms with Crippen LogP contribution in [-0.2, 0) is 0 Å². The van der Waals surface area contributed by atoms with Gasteiger partial charge in [0.05, 0.1) is 11.4 Å². The van der Waals surface area contributed by atoms with Crippen LogP contribution in [-0.4, -0.2) is 5.66 Å². The van der Waals surface area contributed by atoms with E-state index in [-0.39, 0.29) is 5.66 Å². The minimum atomic E-state index is -0.232. The highest BCUT2D eigenvalue weighted by Gasteiger charge is 2.38. The number of benzene rings is 2. The Labute approximate surface area is 120 Å². The Morgan fingerprint density at radius 3 is 2.35 bits per heavy atom. The van der Waals surface area contributed by atoms with E-state index in [9.17, 15) is 0 Å². The van der Waals surface area contributed by atoms with Crippen molar-refractivity contribution in [3.05, 3.63) is 66.2 Å². The van der Waals surface area contributed by atoms with Crippen molar-refractivity contribution in [2.75, 3.05) is 10.2 Å². The van der Waals surface area contributed by atoms with Crippen molar-refractivity contribution in [1.82, 2.24) is 0 Å². The number of fused-ring (bicyclic) bond motifs is 1. The number of nitrogens with zero attached hydrogens (tertiary/aromatic N) is 1. The summed E-state index contributed by atoms with van der Waals surface area (Å²) in [7, 11) is 0.